The Morgan fingerprint density at radius 1 is 1.25 bits per heavy atom. The third kappa shape index (κ3) is 6.06. The van der Waals surface area contributed by atoms with E-state index in [9.17, 15) is 4.79 Å². The lowest BCUT2D eigenvalue weighted by Gasteiger charge is -2.09. The van der Waals surface area contributed by atoms with Crippen LogP contribution in [0.3, 0.4) is 0 Å². The highest BCUT2D eigenvalue weighted by Crippen LogP contribution is 2.27. The Morgan fingerprint density at radius 2 is 2.08 bits per heavy atom. The second-order valence-electron chi connectivity index (χ2n) is 5.17. The summed E-state index contributed by atoms with van der Waals surface area (Å²) in [4.78, 5) is 11.8. The molecule has 1 N–H and O–H groups in total. The zero-order valence-electron chi connectivity index (χ0n) is 13.4. The maximum atomic E-state index is 11.8. The molecule has 4 nitrogen and oxygen atoms in total. The number of nitrogens with one attached hydrogen (secondary N) is 1. The van der Waals surface area contributed by atoms with Gasteiger partial charge in [-0.15, -0.1) is 0 Å². The molecule has 0 heterocycles. The average Bonchev–Trinajstić information content (AvgIpc) is 2.58. The number of benzene rings is 2. The molecular weight excluding hydrogens is 394 g/mol. The summed E-state index contributed by atoms with van der Waals surface area (Å²) in [6, 6.07) is 13.1. The summed E-state index contributed by atoms with van der Waals surface area (Å²) in [5.41, 5.74) is 1.19. The molecule has 0 saturated carbocycles. The first-order valence-corrected chi connectivity index (χ1v) is 8.73. The van der Waals surface area contributed by atoms with Gasteiger partial charge in [0.15, 0.2) is 6.61 Å². The highest BCUT2D eigenvalue weighted by Gasteiger charge is 2.06. The largest absolute Gasteiger partial charge is 0.497 e. The molecule has 0 aliphatic rings. The topological polar surface area (TPSA) is 47.6 Å². The second-order valence-corrected chi connectivity index (χ2v) is 6.46. The van der Waals surface area contributed by atoms with Crippen molar-refractivity contribution in [3.05, 3.63) is 57.5 Å². The van der Waals surface area contributed by atoms with Crippen LogP contribution in [-0.2, 0) is 11.2 Å². The van der Waals surface area contributed by atoms with Crippen molar-refractivity contribution < 1.29 is 14.3 Å². The highest BCUT2D eigenvalue weighted by molar-refractivity contribution is 9.10. The van der Waals surface area contributed by atoms with Gasteiger partial charge >= 0.3 is 0 Å². The number of amides is 1. The molecule has 0 atom stereocenters. The minimum Gasteiger partial charge on any atom is -0.497 e. The maximum Gasteiger partial charge on any atom is 0.257 e. The van der Waals surface area contributed by atoms with Crippen LogP contribution in [0.1, 0.15) is 12.0 Å². The van der Waals surface area contributed by atoms with Crippen molar-refractivity contribution in [1.82, 2.24) is 5.32 Å². The molecular formula is C18H19BrClNO3. The standard InChI is InChI=1S/C18H19BrClNO3/c1-23-15-6-2-4-13(10-15)5-3-9-21-18(22)12-24-17-8-7-14(20)11-16(17)19/h2,4,6-8,10-11H,3,5,9,12H2,1H3,(H,21,22). The van der Waals surface area contributed by atoms with Gasteiger partial charge < -0.3 is 14.8 Å². The van der Waals surface area contributed by atoms with E-state index in [2.05, 4.69) is 21.2 Å². The van der Waals surface area contributed by atoms with Crippen molar-refractivity contribution in [3.63, 3.8) is 0 Å². The van der Waals surface area contributed by atoms with Crippen LogP contribution in [0.15, 0.2) is 46.9 Å². The average molecular weight is 413 g/mol. The molecule has 1 amide bonds. The maximum absolute atomic E-state index is 11.8. The minimum absolute atomic E-state index is 0.0284. The molecule has 2 aromatic rings. The fourth-order valence-corrected chi connectivity index (χ4v) is 2.93. The van der Waals surface area contributed by atoms with E-state index in [0.717, 1.165) is 23.1 Å². The van der Waals surface area contributed by atoms with Gasteiger partial charge in [0.05, 0.1) is 11.6 Å². The molecule has 0 aliphatic carbocycles. The number of methoxy groups -OCH3 is 1. The molecule has 0 aromatic heterocycles. The lowest BCUT2D eigenvalue weighted by molar-refractivity contribution is -0.123. The Hall–Kier alpha value is -1.72. The van der Waals surface area contributed by atoms with Crippen LogP contribution in [0.25, 0.3) is 0 Å². The number of carbonyl (C=O) groups excluding carboxylic acids is 1. The highest BCUT2D eigenvalue weighted by atomic mass is 79.9. The van der Waals surface area contributed by atoms with E-state index in [1.54, 1.807) is 25.3 Å². The predicted molar refractivity (Wildman–Crippen MR) is 99.0 cm³/mol. The Morgan fingerprint density at radius 3 is 2.83 bits per heavy atom. The van der Waals surface area contributed by atoms with Crippen molar-refractivity contribution in [2.24, 2.45) is 0 Å². The lowest BCUT2D eigenvalue weighted by atomic mass is 10.1. The summed E-state index contributed by atoms with van der Waals surface area (Å²) in [6.45, 7) is 0.570. The number of rotatable bonds is 8. The van der Waals surface area contributed by atoms with Gasteiger partial charge in [-0.1, -0.05) is 23.7 Å². The van der Waals surface area contributed by atoms with Gasteiger partial charge in [-0.2, -0.15) is 0 Å². The molecule has 0 fully saturated rings. The third-order valence-corrected chi connectivity index (χ3v) is 4.21. The lowest BCUT2D eigenvalue weighted by Crippen LogP contribution is -2.29. The van der Waals surface area contributed by atoms with E-state index in [4.69, 9.17) is 21.1 Å². The van der Waals surface area contributed by atoms with Gasteiger partial charge in [0.2, 0.25) is 0 Å². The van der Waals surface area contributed by atoms with Crippen LogP contribution in [0.5, 0.6) is 11.5 Å². The summed E-state index contributed by atoms with van der Waals surface area (Å²) in [5, 5.41) is 3.45. The molecule has 6 heteroatoms. The predicted octanol–water partition coefficient (Wildman–Crippen LogP) is 4.24. The molecule has 0 radical (unpaired) electrons. The van der Waals surface area contributed by atoms with Gasteiger partial charge in [-0.25, -0.2) is 0 Å². The SMILES string of the molecule is COc1cccc(CCCNC(=O)COc2ccc(Cl)cc2Br)c1. The quantitative estimate of drug-likeness (QED) is 0.660. The van der Waals surface area contributed by atoms with E-state index in [1.165, 1.54) is 5.56 Å². The fourth-order valence-electron chi connectivity index (χ4n) is 2.13. The van der Waals surface area contributed by atoms with Gasteiger partial charge in [0, 0.05) is 11.6 Å². The molecule has 0 aliphatic heterocycles. The van der Waals surface area contributed by atoms with Crippen molar-refractivity contribution in [1.29, 1.82) is 0 Å². The van der Waals surface area contributed by atoms with Crippen molar-refractivity contribution in [2.75, 3.05) is 20.3 Å². The van der Waals surface area contributed by atoms with Gasteiger partial charge in [0.25, 0.3) is 5.91 Å². The Labute approximate surface area is 155 Å². The van der Waals surface area contributed by atoms with Crippen molar-refractivity contribution >= 4 is 33.4 Å². The first-order chi connectivity index (χ1) is 11.6. The summed E-state index contributed by atoms with van der Waals surface area (Å²) < 4.78 is 11.4. The summed E-state index contributed by atoms with van der Waals surface area (Å²) in [6.07, 6.45) is 1.73. The van der Waals surface area contributed by atoms with Crippen molar-refractivity contribution in [2.45, 2.75) is 12.8 Å². The minimum atomic E-state index is -0.150. The number of halogens is 2. The summed E-state index contributed by atoms with van der Waals surface area (Å²) in [7, 11) is 1.65. The monoisotopic (exact) mass is 411 g/mol. The first-order valence-electron chi connectivity index (χ1n) is 7.56. The van der Waals surface area contributed by atoms with Crippen LogP contribution < -0.4 is 14.8 Å². The van der Waals surface area contributed by atoms with E-state index < -0.39 is 0 Å². The van der Waals surface area contributed by atoms with Crippen LogP contribution >= 0.6 is 27.5 Å². The normalized spacial score (nSPS) is 10.3. The Kier molecular flexibility index (Phi) is 7.40. The molecule has 0 unspecified atom stereocenters. The zero-order chi connectivity index (χ0) is 17.4. The van der Waals surface area contributed by atoms with Gasteiger partial charge in [0.1, 0.15) is 11.5 Å². The first kappa shape index (κ1) is 18.6. The zero-order valence-corrected chi connectivity index (χ0v) is 15.7. The molecule has 128 valence electrons. The number of aryl methyl sites for hydroxylation is 1. The molecule has 24 heavy (non-hydrogen) atoms. The molecule has 2 aromatic carbocycles. The molecule has 2 rings (SSSR count). The van der Waals surface area contributed by atoms with Gasteiger partial charge in [-0.05, 0) is 64.7 Å². The number of carbonyl (C=O) groups is 1. The summed E-state index contributed by atoms with van der Waals surface area (Å²) >= 11 is 9.21. The van der Waals surface area contributed by atoms with Crippen LogP contribution in [0, 0.1) is 0 Å². The van der Waals surface area contributed by atoms with E-state index in [1.807, 2.05) is 24.3 Å². The van der Waals surface area contributed by atoms with Crippen LogP contribution in [-0.4, -0.2) is 26.2 Å². The Balaban J connectivity index is 1.67. The summed E-state index contributed by atoms with van der Waals surface area (Å²) in [5.74, 6) is 1.28. The number of hydrogen-bond acceptors (Lipinski definition) is 3. The number of hydrogen-bond donors (Lipinski definition) is 1. The smallest absolute Gasteiger partial charge is 0.257 e. The van der Waals surface area contributed by atoms with E-state index in [-0.39, 0.29) is 12.5 Å². The van der Waals surface area contributed by atoms with Crippen LogP contribution in [0.4, 0.5) is 0 Å². The van der Waals surface area contributed by atoms with E-state index >= 15 is 0 Å². The van der Waals surface area contributed by atoms with Crippen LogP contribution in [0.2, 0.25) is 5.02 Å². The van der Waals surface area contributed by atoms with Gasteiger partial charge in [-0.3, -0.25) is 4.79 Å². The van der Waals surface area contributed by atoms with Crippen molar-refractivity contribution in [3.8, 4) is 11.5 Å². The fraction of sp³-hybridized carbons (Fsp3) is 0.278. The second kappa shape index (κ2) is 9.55. The molecule has 0 saturated heterocycles. The number of ether oxygens (including phenoxy) is 2. The van der Waals surface area contributed by atoms with E-state index in [0.29, 0.717) is 17.3 Å². The third-order valence-electron chi connectivity index (χ3n) is 3.35. The Bertz CT molecular complexity index is 694. The molecule has 0 bridgehead atoms. The molecule has 0 spiro atoms.